The quantitative estimate of drug-likeness (QED) is 0.296. The van der Waals surface area contributed by atoms with Gasteiger partial charge in [0.25, 0.3) is 0 Å². The molecular weight excluding hydrogens is 383 g/mol. The molecule has 0 heterocycles. The van der Waals surface area contributed by atoms with Gasteiger partial charge in [-0.1, -0.05) is 0 Å². The molecule has 0 amide bonds. The Hall–Kier alpha value is 0.259. The van der Waals surface area contributed by atoms with Crippen molar-refractivity contribution in [3.05, 3.63) is 0 Å². The zero-order valence-corrected chi connectivity index (χ0v) is 13.5. The first kappa shape index (κ1) is 28.4. The molecular formula is C6H7CaCuO11P. The fourth-order valence-corrected chi connectivity index (χ4v) is 0.703. The Balaban J connectivity index is -0.000000158. The van der Waals surface area contributed by atoms with Crippen LogP contribution in [0.3, 0.4) is 0 Å². The average molecular weight is 390 g/mol. The zero-order chi connectivity index (χ0) is 15.1. The van der Waals surface area contributed by atoms with E-state index in [-0.39, 0.29) is 54.8 Å². The van der Waals surface area contributed by atoms with Gasteiger partial charge >= 0.3 is 66.7 Å². The van der Waals surface area contributed by atoms with Crippen LogP contribution in [-0.4, -0.2) is 76.6 Å². The van der Waals surface area contributed by atoms with Gasteiger partial charge in [-0.3, -0.25) is 4.79 Å². The van der Waals surface area contributed by atoms with E-state index >= 15 is 0 Å². The van der Waals surface area contributed by atoms with Crippen molar-refractivity contribution in [2.45, 2.75) is 18.4 Å². The number of phosphoric acid groups is 1. The van der Waals surface area contributed by atoms with Crippen molar-refractivity contribution in [3.63, 3.8) is 0 Å². The van der Waals surface area contributed by atoms with Gasteiger partial charge in [0, 0.05) is 12.4 Å². The van der Waals surface area contributed by atoms with Crippen LogP contribution in [0, 0.1) is 0 Å². The molecule has 14 heteroatoms. The molecule has 20 heavy (non-hydrogen) atoms. The summed E-state index contributed by atoms with van der Waals surface area (Å²) in [5, 5.41) is 35.5. The molecule has 0 aromatic heterocycles. The molecule has 0 rings (SSSR count). The maximum absolute atomic E-state index is 10.3. The van der Waals surface area contributed by atoms with Crippen molar-refractivity contribution in [1.82, 2.24) is 0 Å². The van der Waals surface area contributed by atoms with E-state index in [9.17, 15) is 19.5 Å². The first-order chi connectivity index (χ1) is 7.78. The largest absolute Gasteiger partial charge is 2.00 e. The van der Waals surface area contributed by atoms with Gasteiger partial charge in [-0.05, 0) is 0 Å². The predicted molar refractivity (Wildman–Crippen MR) is 47.8 cm³/mol. The average Bonchev–Trinajstić information content (AvgIpc) is 1.95. The number of aliphatic carboxylic acids is 3. The molecule has 1 unspecified atom stereocenters. The third-order valence-corrected chi connectivity index (χ3v) is 1.28. The molecule has 0 aromatic rings. The Morgan fingerprint density at radius 2 is 1.35 bits per heavy atom. The summed E-state index contributed by atoms with van der Waals surface area (Å²) in [5.41, 5.74) is -2.80. The van der Waals surface area contributed by atoms with Crippen molar-refractivity contribution < 1.29 is 71.1 Å². The Morgan fingerprint density at radius 1 is 1.05 bits per heavy atom. The van der Waals surface area contributed by atoms with E-state index in [1.165, 1.54) is 0 Å². The molecule has 1 radical (unpaired) electrons. The Labute approximate surface area is 152 Å². The summed E-state index contributed by atoms with van der Waals surface area (Å²) in [6, 6.07) is 0. The molecule has 0 saturated carbocycles. The maximum atomic E-state index is 10.3. The number of carbonyl (C=O) groups is 3. The first-order valence-corrected chi connectivity index (χ1v) is 5.34. The van der Waals surface area contributed by atoms with Crippen LogP contribution >= 0.6 is 7.82 Å². The van der Waals surface area contributed by atoms with Gasteiger partial charge < -0.3 is 44.5 Å². The van der Waals surface area contributed by atoms with Crippen LogP contribution in [-0.2, 0) is 36.0 Å². The van der Waals surface area contributed by atoms with E-state index < -0.39 is 44.2 Å². The number of aliphatic hydroxyl groups is 1. The van der Waals surface area contributed by atoms with Gasteiger partial charge in [-0.25, -0.2) is 4.79 Å². The molecule has 0 saturated heterocycles. The maximum Gasteiger partial charge on any atom is 2.00 e. The molecule has 0 aliphatic rings. The third kappa shape index (κ3) is 20.6. The fraction of sp³-hybridized carbons (Fsp3) is 0.500. The fourth-order valence-electron chi connectivity index (χ4n) is 0.703. The van der Waals surface area contributed by atoms with E-state index in [1.807, 2.05) is 0 Å². The number of carboxylic acid groups (broad SMARTS) is 3. The van der Waals surface area contributed by atoms with Gasteiger partial charge in [0.05, 0.1) is 6.42 Å². The van der Waals surface area contributed by atoms with Gasteiger partial charge in [-0.2, -0.15) is 7.82 Å². The van der Waals surface area contributed by atoms with Crippen molar-refractivity contribution in [2.75, 3.05) is 0 Å². The summed E-state index contributed by atoms with van der Waals surface area (Å²) < 4.78 is 8.55. The normalized spacial score (nSPS) is 12.4. The molecule has 0 aromatic carbocycles. The van der Waals surface area contributed by atoms with E-state index in [0.29, 0.717) is 0 Å². The molecule has 0 spiro atoms. The van der Waals surface area contributed by atoms with Crippen LogP contribution in [0.25, 0.3) is 0 Å². The number of hydrogen-bond acceptors (Lipinski definition) is 9. The first-order valence-electron chi connectivity index (χ1n) is 3.88. The Kier molecular flexibility index (Phi) is 16.9. The molecule has 11 nitrogen and oxygen atoms in total. The standard InChI is InChI=1S/C6H8O7.Ca.Cu.H3O4P/c7-3(8)1-6(13,5(11)12)2-4(9)10;;;1-5(2,3)4/h13H,1-2H2,(H,7,8)(H,9,10)(H,11,12);;;(H3,1,2,3,4)/q;2*+2;/p-4. The minimum Gasteiger partial charge on any atom is -0.822 e. The zero-order valence-electron chi connectivity index (χ0n) is 9.48. The van der Waals surface area contributed by atoms with Crippen LogP contribution in [0.15, 0.2) is 0 Å². The van der Waals surface area contributed by atoms with Crippen LogP contribution in [0.5, 0.6) is 0 Å². The van der Waals surface area contributed by atoms with Gasteiger partial charge in [0.1, 0.15) is 0 Å². The Bertz CT molecular complexity index is 355. The monoisotopic (exact) mass is 389 g/mol. The summed E-state index contributed by atoms with van der Waals surface area (Å²) in [5.74, 6) is -5.34. The Morgan fingerprint density at radius 3 is 1.50 bits per heavy atom. The van der Waals surface area contributed by atoms with E-state index in [0.717, 1.165) is 0 Å². The topological polar surface area (TPSA) is 221 Å². The number of rotatable bonds is 5. The molecule has 0 aliphatic heterocycles. The van der Waals surface area contributed by atoms with Gasteiger partial charge in [0.15, 0.2) is 5.60 Å². The predicted octanol–water partition coefficient (Wildman–Crippen LogP) is -5.79. The van der Waals surface area contributed by atoms with Crippen LogP contribution in [0.4, 0.5) is 0 Å². The molecule has 0 fully saturated rings. The second-order valence-electron chi connectivity index (χ2n) is 2.90. The van der Waals surface area contributed by atoms with Crippen LogP contribution < -0.4 is 19.8 Å². The van der Waals surface area contributed by atoms with Crippen molar-refractivity contribution in [1.29, 1.82) is 0 Å². The van der Waals surface area contributed by atoms with Crippen LogP contribution in [0.2, 0.25) is 0 Å². The number of carbonyl (C=O) groups excluding carboxylic acids is 1. The molecule has 1 atom stereocenters. The summed E-state index contributed by atoms with van der Waals surface area (Å²) in [4.78, 5) is 56.0. The van der Waals surface area contributed by atoms with Crippen molar-refractivity contribution >= 4 is 63.5 Å². The smallest absolute Gasteiger partial charge is 0.822 e. The van der Waals surface area contributed by atoms with Crippen LogP contribution in [0.1, 0.15) is 12.8 Å². The summed E-state index contributed by atoms with van der Waals surface area (Å²) in [6.45, 7) is 0. The summed E-state index contributed by atoms with van der Waals surface area (Å²) in [6.07, 6.45) is -2.44. The van der Waals surface area contributed by atoms with E-state index in [2.05, 4.69) is 0 Å². The van der Waals surface area contributed by atoms with E-state index in [1.54, 1.807) is 0 Å². The number of carboxylic acids is 3. The third-order valence-electron chi connectivity index (χ3n) is 1.28. The molecule has 115 valence electrons. The minimum atomic E-state index is -5.39. The SMILES string of the molecule is O=C([O-])CC(O)(CC(=O)O)C(=O)O.O=P([O-])([O-])[O-].[Ca+2].[Cu+2]. The molecule has 3 N–H and O–H groups in total. The minimum absolute atomic E-state index is 0. The van der Waals surface area contributed by atoms with Gasteiger partial charge in [-0.15, -0.1) is 0 Å². The summed E-state index contributed by atoms with van der Waals surface area (Å²) in [7, 11) is -5.39. The second-order valence-corrected chi connectivity index (χ2v) is 3.80. The molecule has 0 bridgehead atoms. The van der Waals surface area contributed by atoms with Gasteiger partial charge in [0.2, 0.25) is 0 Å². The number of hydrogen-bond donors (Lipinski definition) is 3. The van der Waals surface area contributed by atoms with Crippen molar-refractivity contribution in [2.24, 2.45) is 0 Å². The van der Waals surface area contributed by atoms with E-state index in [4.69, 9.17) is 34.6 Å². The molecule has 0 aliphatic carbocycles. The van der Waals surface area contributed by atoms with Crippen molar-refractivity contribution in [3.8, 4) is 0 Å². The second kappa shape index (κ2) is 11.9. The summed E-state index contributed by atoms with van der Waals surface area (Å²) >= 11 is 0.